The lowest BCUT2D eigenvalue weighted by atomic mass is 9.94. The Bertz CT molecular complexity index is 865. The third-order valence-corrected chi connectivity index (χ3v) is 4.51. The molecule has 2 aromatic carbocycles. The van der Waals surface area contributed by atoms with Crippen LogP contribution in [0, 0.1) is 0 Å². The number of aromatic amines is 1. The summed E-state index contributed by atoms with van der Waals surface area (Å²) in [6.07, 6.45) is 3.15. The van der Waals surface area contributed by atoms with Gasteiger partial charge in [0.25, 0.3) is 0 Å². The van der Waals surface area contributed by atoms with Crippen molar-refractivity contribution in [2.75, 3.05) is 0 Å². The van der Waals surface area contributed by atoms with Crippen LogP contribution in [0.5, 0.6) is 0 Å². The number of para-hydroxylation sites is 1. The molecular formula is C19H17ClN2O. The number of hydrogen-bond donors (Lipinski definition) is 1. The Morgan fingerprint density at radius 2 is 1.87 bits per heavy atom. The monoisotopic (exact) mass is 324 g/mol. The first-order chi connectivity index (χ1) is 11.3. The van der Waals surface area contributed by atoms with Crippen LogP contribution < -0.4 is 0 Å². The maximum atomic E-state index is 5.89. The normalized spacial score (nSPS) is 15.8. The fourth-order valence-electron chi connectivity index (χ4n) is 3.12. The average Bonchev–Trinajstić information content (AvgIpc) is 2.96. The predicted molar refractivity (Wildman–Crippen MR) is 94.0 cm³/mol. The van der Waals surface area contributed by atoms with Gasteiger partial charge in [0.15, 0.2) is 0 Å². The van der Waals surface area contributed by atoms with Crippen LogP contribution in [0.2, 0.25) is 5.02 Å². The average molecular weight is 325 g/mol. The lowest BCUT2D eigenvalue weighted by Crippen LogP contribution is -2.11. The lowest BCUT2D eigenvalue weighted by molar-refractivity contribution is 0.130. The second kappa shape index (κ2) is 6.09. The molecule has 1 aliphatic carbocycles. The van der Waals surface area contributed by atoms with Gasteiger partial charge >= 0.3 is 0 Å². The van der Waals surface area contributed by atoms with E-state index >= 15 is 0 Å². The van der Waals surface area contributed by atoms with Crippen molar-refractivity contribution >= 4 is 28.2 Å². The van der Waals surface area contributed by atoms with E-state index in [2.05, 4.69) is 34.4 Å². The summed E-state index contributed by atoms with van der Waals surface area (Å²) in [4.78, 5) is 9.07. The Kier molecular flexibility index (Phi) is 3.80. The number of nitrogens with zero attached hydrogens (tertiary/aromatic N) is 1. The van der Waals surface area contributed by atoms with Crippen molar-refractivity contribution in [2.24, 2.45) is 5.16 Å². The van der Waals surface area contributed by atoms with Crippen molar-refractivity contribution in [3.05, 3.63) is 70.4 Å². The summed E-state index contributed by atoms with van der Waals surface area (Å²) in [6, 6.07) is 16.1. The maximum Gasteiger partial charge on any atom is 0.142 e. The fraction of sp³-hybridized carbons (Fsp3) is 0.211. The van der Waals surface area contributed by atoms with Crippen molar-refractivity contribution in [3.63, 3.8) is 0 Å². The number of halogens is 1. The molecule has 0 unspecified atom stereocenters. The number of fused-ring (bicyclic) bond motifs is 3. The molecule has 0 amide bonds. The summed E-state index contributed by atoms with van der Waals surface area (Å²) in [5, 5.41) is 6.42. The van der Waals surface area contributed by atoms with Crippen molar-refractivity contribution in [2.45, 2.75) is 25.9 Å². The Labute approximate surface area is 139 Å². The Morgan fingerprint density at radius 3 is 2.74 bits per heavy atom. The number of hydrogen-bond acceptors (Lipinski definition) is 2. The Balaban J connectivity index is 1.57. The molecule has 0 saturated heterocycles. The van der Waals surface area contributed by atoms with Gasteiger partial charge < -0.3 is 9.82 Å². The largest absolute Gasteiger partial charge is 0.391 e. The highest BCUT2D eigenvalue weighted by atomic mass is 35.5. The molecule has 23 heavy (non-hydrogen) atoms. The summed E-state index contributed by atoms with van der Waals surface area (Å²) >= 11 is 5.89. The fourth-order valence-corrected chi connectivity index (χ4v) is 3.25. The Morgan fingerprint density at radius 1 is 1.04 bits per heavy atom. The van der Waals surface area contributed by atoms with Gasteiger partial charge in [-0.2, -0.15) is 0 Å². The second-order valence-electron chi connectivity index (χ2n) is 5.82. The minimum atomic E-state index is 0.455. The van der Waals surface area contributed by atoms with Gasteiger partial charge in [0.2, 0.25) is 0 Å². The van der Waals surface area contributed by atoms with E-state index in [4.69, 9.17) is 16.4 Å². The highest BCUT2D eigenvalue weighted by Crippen LogP contribution is 2.29. The minimum Gasteiger partial charge on any atom is -0.391 e. The first-order valence-electron chi connectivity index (χ1n) is 7.84. The molecule has 3 nitrogen and oxygen atoms in total. The SMILES string of the molecule is Clc1ccc(CO/N=C2\CCCc3c2[nH]c2ccccc32)cc1. The molecular weight excluding hydrogens is 308 g/mol. The van der Waals surface area contributed by atoms with Gasteiger partial charge in [-0.3, -0.25) is 0 Å². The van der Waals surface area contributed by atoms with Gasteiger partial charge in [-0.25, -0.2) is 0 Å². The number of aromatic nitrogens is 1. The molecule has 0 fully saturated rings. The summed E-state index contributed by atoms with van der Waals surface area (Å²) < 4.78 is 0. The second-order valence-corrected chi connectivity index (χ2v) is 6.25. The van der Waals surface area contributed by atoms with Gasteiger partial charge in [-0.1, -0.05) is 47.1 Å². The molecule has 1 heterocycles. The van der Waals surface area contributed by atoms with Crippen LogP contribution >= 0.6 is 11.6 Å². The molecule has 0 spiro atoms. The molecule has 4 heteroatoms. The molecule has 0 aliphatic heterocycles. The zero-order chi connectivity index (χ0) is 15.6. The molecule has 0 saturated carbocycles. The number of aryl methyl sites for hydroxylation is 1. The van der Waals surface area contributed by atoms with E-state index in [1.165, 1.54) is 16.5 Å². The molecule has 1 N–H and O–H groups in total. The first-order valence-corrected chi connectivity index (χ1v) is 8.22. The number of nitrogens with one attached hydrogen (secondary N) is 1. The number of H-pyrrole nitrogens is 1. The van der Waals surface area contributed by atoms with Crippen LogP contribution in [0.15, 0.2) is 53.7 Å². The Hall–Kier alpha value is -2.26. The van der Waals surface area contributed by atoms with Crippen LogP contribution in [0.4, 0.5) is 0 Å². The van der Waals surface area contributed by atoms with E-state index in [0.717, 1.165) is 41.3 Å². The maximum absolute atomic E-state index is 5.89. The van der Waals surface area contributed by atoms with Crippen molar-refractivity contribution in [1.82, 2.24) is 4.98 Å². The van der Waals surface area contributed by atoms with Gasteiger partial charge in [0, 0.05) is 15.9 Å². The topological polar surface area (TPSA) is 37.4 Å². The minimum absolute atomic E-state index is 0.455. The molecule has 0 bridgehead atoms. The van der Waals surface area contributed by atoms with Crippen molar-refractivity contribution < 1.29 is 4.84 Å². The number of benzene rings is 2. The highest BCUT2D eigenvalue weighted by molar-refractivity contribution is 6.30. The van der Waals surface area contributed by atoms with Gasteiger partial charge in [-0.15, -0.1) is 0 Å². The van der Waals surface area contributed by atoms with Gasteiger partial charge in [-0.05, 0) is 48.6 Å². The molecule has 1 aliphatic rings. The standard InChI is InChI=1S/C19H17ClN2O/c20-14-10-8-13(9-11-14)12-23-22-18-7-3-5-16-15-4-1-2-6-17(15)21-19(16)18/h1-2,4,6,8-11,21H,3,5,7,12H2/b22-18+. The molecule has 0 radical (unpaired) electrons. The summed E-state index contributed by atoms with van der Waals surface area (Å²) in [5.41, 5.74) is 5.74. The van der Waals surface area contributed by atoms with Crippen LogP contribution in [-0.4, -0.2) is 10.7 Å². The van der Waals surface area contributed by atoms with Crippen molar-refractivity contribution in [1.29, 1.82) is 0 Å². The molecule has 3 aromatic rings. The summed E-state index contributed by atoms with van der Waals surface area (Å²) in [5.74, 6) is 0. The van der Waals surface area contributed by atoms with E-state index in [1.54, 1.807) is 0 Å². The highest BCUT2D eigenvalue weighted by Gasteiger charge is 2.20. The molecule has 4 rings (SSSR count). The van der Waals surface area contributed by atoms with Crippen molar-refractivity contribution in [3.8, 4) is 0 Å². The molecule has 1 aromatic heterocycles. The van der Waals surface area contributed by atoms with E-state index in [-0.39, 0.29) is 0 Å². The summed E-state index contributed by atoms with van der Waals surface area (Å²) in [6.45, 7) is 0.455. The lowest BCUT2D eigenvalue weighted by Gasteiger charge is -2.13. The first kappa shape index (κ1) is 14.3. The van der Waals surface area contributed by atoms with E-state index < -0.39 is 0 Å². The van der Waals surface area contributed by atoms with Gasteiger partial charge in [0.1, 0.15) is 12.3 Å². The van der Waals surface area contributed by atoms with Crippen LogP contribution in [0.25, 0.3) is 10.9 Å². The van der Waals surface area contributed by atoms with Gasteiger partial charge in [0.05, 0.1) is 5.69 Å². The molecule has 0 atom stereocenters. The zero-order valence-corrected chi connectivity index (χ0v) is 13.4. The molecule has 116 valence electrons. The van der Waals surface area contributed by atoms with Crippen LogP contribution in [0.3, 0.4) is 0 Å². The van der Waals surface area contributed by atoms with E-state index in [0.29, 0.717) is 6.61 Å². The number of rotatable bonds is 3. The van der Waals surface area contributed by atoms with E-state index in [9.17, 15) is 0 Å². The zero-order valence-electron chi connectivity index (χ0n) is 12.7. The third-order valence-electron chi connectivity index (χ3n) is 4.26. The third kappa shape index (κ3) is 2.84. The predicted octanol–water partition coefficient (Wildman–Crippen LogP) is 5.08. The quantitative estimate of drug-likeness (QED) is 0.670. The smallest absolute Gasteiger partial charge is 0.142 e. The number of oxime groups is 1. The van der Waals surface area contributed by atoms with Crippen LogP contribution in [0.1, 0.15) is 29.7 Å². The van der Waals surface area contributed by atoms with E-state index in [1.807, 2.05) is 24.3 Å². The summed E-state index contributed by atoms with van der Waals surface area (Å²) in [7, 11) is 0. The van der Waals surface area contributed by atoms with Crippen LogP contribution in [-0.2, 0) is 17.9 Å².